The zero-order valence-electron chi connectivity index (χ0n) is 14.4. The topological polar surface area (TPSA) is 82.6 Å². The van der Waals surface area contributed by atoms with Gasteiger partial charge in [-0.1, -0.05) is 13.8 Å². The zero-order chi connectivity index (χ0) is 16.6. The number of rotatable bonds is 7. The van der Waals surface area contributed by atoms with Crippen LogP contribution in [0.15, 0.2) is 4.99 Å². The van der Waals surface area contributed by atoms with Crippen LogP contribution in [0.3, 0.4) is 0 Å². The molecule has 0 amide bonds. The number of sulfonamides is 1. The average molecular weight is 333 g/mol. The van der Waals surface area contributed by atoms with Gasteiger partial charge in [0.15, 0.2) is 5.96 Å². The monoisotopic (exact) mass is 332 g/mol. The minimum absolute atomic E-state index is 0.329. The van der Waals surface area contributed by atoms with Crippen LogP contribution >= 0.6 is 0 Å². The third-order valence-electron chi connectivity index (χ3n) is 4.15. The molecule has 0 aromatic rings. The number of hydrogen-bond donors (Lipinski definition) is 3. The zero-order valence-corrected chi connectivity index (χ0v) is 15.2. The lowest BCUT2D eigenvalue weighted by Crippen LogP contribution is -2.45. The van der Waals surface area contributed by atoms with E-state index < -0.39 is 10.0 Å². The van der Waals surface area contributed by atoms with E-state index in [9.17, 15) is 8.42 Å². The molecular formula is C15H32N4O2S. The summed E-state index contributed by atoms with van der Waals surface area (Å²) in [6.07, 6.45) is 6.05. The molecule has 0 radical (unpaired) electrons. The Morgan fingerprint density at radius 1 is 1.23 bits per heavy atom. The Kier molecular flexibility index (Phi) is 8.17. The second kappa shape index (κ2) is 9.35. The van der Waals surface area contributed by atoms with Gasteiger partial charge in [-0.05, 0) is 44.4 Å². The molecule has 0 spiro atoms. The maximum Gasteiger partial charge on any atom is 0.208 e. The Morgan fingerprint density at radius 3 is 2.36 bits per heavy atom. The van der Waals surface area contributed by atoms with Gasteiger partial charge in [-0.3, -0.25) is 4.99 Å². The summed E-state index contributed by atoms with van der Waals surface area (Å²) in [4.78, 5) is 4.43. The lowest BCUT2D eigenvalue weighted by molar-refractivity contribution is 0.250. The van der Waals surface area contributed by atoms with Crippen LogP contribution in [-0.4, -0.2) is 46.3 Å². The summed E-state index contributed by atoms with van der Waals surface area (Å²) in [5.41, 5.74) is 0. The van der Waals surface area contributed by atoms with Crippen molar-refractivity contribution in [3.8, 4) is 0 Å². The molecule has 22 heavy (non-hydrogen) atoms. The highest BCUT2D eigenvalue weighted by molar-refractivity contribution is 7.88. The van der Waals surface area contributed by atoms with E-state index in [0.717, 1.165) is 30.6 Å². The second-order valence-electron chi connectivity index (χ2n) is 6.43. The smallest absolute Gasteiger partial charge is 0.208 e. The summed E-state index contributed by atoms with van der Waals surface area (Å²) in [5, 5.41) is 6.70. The molecule has 0 bridgehead atoms. The normalized spacial score (nSPS) is 23.6. The first-order valence-electron chi connectivity index (χ1n) is 8.31. The molecule has 7 heteroatoms. The van der Waals surface area contributed by atoms with E-state index in [1.165, 1.54) is 25.7 Å². The van der Waals surface area contributed by atoms with Crippen molar-refractivity contribution in [1.82, 2.24) is 15.4 Å². The van der Waals surface area contributed by atoms with Gasteiger partial charge in [-0.2, -0.15) is 0 Å². The lowest BCUT2D eigenvalue weighted by atomic mass is 9.80. The molecule has 130 valence electrons. The molecule has 1 saturated carbocycles. The number of aliphatic imine (C=N–C) groups is 1. The maximum absolute atomic E-state index is 11.0. The molecule has 1 rings (SSSR count). The van der Waals surface area contributed by atoms with Crippen molar-refractivity contribution in [1.29, 1.82) is 0 Å². The Bertz CT molecular complexity index is 440. The van der Waals surface area contributed by atoms with Gasteiger partial charge in [0, 0.05) is 19.1 Å². The summed E-state index contributed by atoms with van der Waals surface area (Å²) < 4.78 is 24.5. The van der Waals surface area contributed by atoms with Crippen LogP contribution in [0.5, 0.6) is 0 Å². The molecule has 0 aliphatic heterocycles. The van der Waals surface area contributed by atoms with Crippen molar-refractivity contribution >= 4 is 16.0 Å². The number of hydrogen-bond acceptors (Lipinski definition) is 3. The predicted molar refractivity (Wildman–Crippen MR) is 92.5 cm³/mol. The van der Waals surface area contributed by atoms with Crippen molar-refractivity contribution in [3.05, 3.63) is 0 Å². The van der Waals surface area contributed by atoms with Gasteiger partial charge < -0.3 is 10.6 Å². The van der Waals surface area contributed by atoms with E-state index in [2.05, 4.69) is 34.2 Å². The largest absolute Gasteiger partial charge is 0.357 e. The first-order chi connectivity index (χ1) is 10.3. The first-order valence-corrected chi connectivity index (χ1v) is 10.2. The Balaban J connectivity index is 2.40. The maximum atomic E-state index is 11.0. The van der Waals surface area contributed by atoms with Crippen LogP contribution in [0.1, 0.15) is 46.5 Å². The van der Waals surface area contributed by atoms with Gasteiger partial charge in [-0.15, -0.1) is 0 Å². The summed E-state index contributed by atoms with van der Waals surface area (Å²) in [6.45, 7) is 8.20. The minimum atomic E-state index is -3.14. The highest BCUT2D eigenvalue weighted by atomic mass is 32.2. The Labute approximate surface area is 135 Å². The standard InChI is InChI=1S/C15H32N4O2S/c1-5-16-15(17-10-11-18-22(4,20)21)19-14-8-6-13(7-9-14)12(2)3/h12-14,18H,5-11H2,1-4H3,(H2,16,17,19). The van der Waals surface area contributed by atoms with E-state index >= 15 is 0 Å². The van der Waals surface area contributed by atoms with E-state index in [0.29, 0.717) is 19.1 Å². The van der Waals surface area contributed by atoms with Crippen molar-refractivity contribution < 1.29 is 8.42 Å². The average Bonchev–Trinajstić information content (AvgIpc) is 2.43. The molecule has 1 aliphatic rings. The van der Waals surface area contributed by atoms with Crippen LogP contribution in [0.25, 0.3) is 0 Å². The lowest BCUT2D eigenvalue weighted by Gasteiger charge is -2.32. The van der Waals surface area contributed by atoms with Gasteiger partial charge in [0.2, 0.25) is 10.0 Å². The van der Waals surface area contributed by atoms with Crippen LogP contribution in [0.4, 0.5) is 0 Å². The van der Waals surface area contributed by atoms with Crippen LogP contribution in [-0.2, 0) is 10.0 Å². The summed E-state index contributed by atoms with van der Waals surface area (Å²) in [7, 11) is -3.14. The predicted octanol–water partition coefficient (Wildman–Crippen LogP) is 1.31. The Morgan fingerprint density at radius 2 is 1.86 bits per heavy atom. The fourth-order valence-electron chi connectivity index (χ4n) is 2.84. The quantitative estimate of drug-likeness (QED) is 0.373. The van der Waals surface area contributed by atoms with E-state index in [4.69, 9.17) is 0 Å². The fraction of sp³-hybridized carbons (Fsp3) is 0.933. The molecule has 0 aromatic carbocycles. The molecule has 0 heterocycles. The molecule has 0 aromatic heterocycles. The molecular weight excluding hydrogens is 300 g/mol. The number of guanidine groups is 1. The highest BCUT2D eigenvalue weighted by Crippen LogP contribution is 2.29. The molecule has 0 atom stereocenters. The van der Waals surface area contributed by atoms with Crippen LogP contribution < -0.4 is 15.4 Å². The van der Waals surface area contributed by atoms with Gasteiger partial charge in [-0.25, -0.2) is 13.1 Å². The first kappa shape index (κ1) is 19.2. The number of nitrogens with one attached hydrogen (secondary N) is 3. The summed E-state index contributed by atoms with van der Waals surface area (Å²) in [5.74, 6) is 2.40. The van der Waals surface area contributed by atoms with E-state index in [-0.39, 0.29) is 0 Å². The van der Waals surface area contributed by atoms with Crippen LogP contribution in [0, 0.1) is 11.8 Å². The summed E-state index contributed by atoms with van der Waals surface area (Å²) >= 11 is 0. The Hall–Kier alpha value is -0.820. The fourth-order valence-corrected chi connectivity index (χ4v) is 3.30. The van der Waals surface area contributed by atoms with Crippen molar-refractivity contribution in [3.63, 3.8) is 0 Å². The number of nitrogens with zero attached hydrogens (tertiary/aromatic N) is 1. The molecule has 6 nitrogen and oxygen atoms in total. The molecule has 0 saturated heterocycles. The van der Waals surface area contributed by atoms with Crippen molar-refractivity contribution in [2.45, 2.75) is 52.5 Å². The summed E-state index contributed by atoms with van der Waals surface area (Å²) in [6, 6.07) is 0.468. The highest BCUT2D eigenvalue weighted by Gasteiger charge is 2.23. The van der Waals surface area contributed by atoms with E-state index in [1.54, 1.807) is 0 Å². The molecule has 3 N–H and O–H groups in total. The molecule has 1 aliphatic carbocycles. The molecule has 0 unspecified atom stereocenters. The van der Waals surface area contributed by atoms with Gasteiger partial charge in [0.05, 0.1) is 12.8 Å². The van der Waals surface area contributed by atoms with Crippen molar-refractivity contribution in [2.24, 2.45) is 16.8 Å². The van der Waals surface area contributed by atoms with Gasteiger partial charge in [0.25, 0.3) is 0 Å². The third kappa shape index (κ3) is 7.98. The van der Waals surface area contributed by atoms with E-state index in [1.807, 2.05) is 6.92 Å². The molecule has 1 fully saturated rings. The SMILES string of the molecule is CCNC(=NCCNS(C)(=O)=O)NC1CCC(C(C)C)CC1. The second-order valence-corrected chi connectivity index (χ2v) is 8.26. The van der Waals surface area contributed by atoms with Gasteiger partial charge in [0.1, 0.15) is 0 Å². The van der Waals surface area contributed by atoms with Crippen LogP contribution in [0.2, 0.25) is 0 Å². The third-order valence-corrected chi connectivity index (χ3v) is 4.87. The minimum Gasteiger partial charge on any atom is -0.357 e. The van der Waals surface area contributed by atoms with Gasteiger partial charge >= 0.3 is 0 Å². The van der Waals surface area contributed by atoms with Crippen molar-refractivity contribution in [2.75, 3.05) is 25.9 Å².